The summed E-state index contributed by atoms with van der Waals surface area (Å²) in [6.45, 7) is 4.65. The molecule has 0 unspecified atom stereocenters. The maximum atomic E-state index is 12.6. The van der Waals surface area contributed by atoms with Gasteiger partial charge in [-0.2, -0.15) is 0 Å². The number of amides is 1. The molecule has 3 aromatic rings. The molecule has 0 bridgehead atoms. The fourth-order valence-electron chi connectivity index (χ4n) is 2.87. The first-order valence-corrected chi connectivity index (χ1v) is 8.74. The van der Waals surface area contributed by atoms with E-state index in [1.165, 1.54) is 6.07 Å². The van der Waals surface area contributed by atoms with Gasteiger partial charge in [0.2, 0.25) is 0 Å². The smallest absolute Gasteiger partial charge is 0.339 e. The van der Waals surface area contributed by atoms with E-state index >= 15 is 0 Å². The van der Waals surface area contributed by atoms with Crippen LogP contribution in [0.3, 0.4) is 0 Å². The van der Waals surface area contributed by atoms with Crippen LogP contribution in [0.1, 0.15) is 21.1 Å². The van der Waals surface area contributed by atoms with Crippen LogP contribution in [0.25, 0.3) is 10.2 Å². The van der Waals surface area contributed by atoms with Gasteiger partial charge >= 0.3 is 5.63 Å². The van der Waals surface area contributed by atoms with Crippen molar-refractivity contribution >= 4 is 27.5 Å². The van der Waals surface area contributed by atoms with E-state index in [9.17, 15) is 9.59 Å². The Hall–Kier alpha value is -2.67. The monoisotopic (exact) mass is 356 g/mol. The highest BCUT2D eigenvalue weighted by atomic mass is 32.1. The normalized spacial score (nSPS) is 14.6. The summed E-state index contributed by atoms with van der Waals surface area (Å²) >= 11 is 1.58. The molecule has 1 fully saturated rings. The Bertz CT molecular complexity index is 1020. The van der Waals surface area contributed by atoms with E-state index < -0.39 is 5.63 Å². The number of hydrogen-bond acceptors (Lipinski definition) is 6. The Labute approximate surface area is 147 Å². The van der Waals surface area contributed by atoms with Gasteiger partial charge in [-0.3, -0.25) is 4.79 Å². The Morgan fingerprint density at radius 1 is 1.28 bits per heavy atom. The molecule has 7 heteroatoms. The van der Waals surface area contributed by atoms with E-state index in [0.29, 0.717) is 30.2 Å². The Balaban J connectivity index is 1.42. The van der Waals surface area contributed by atoms with Crippen molar-refractivity contribution in [3.8, 4) is 5.75 Å². The topological polar surface area (TPSA) is 72.6 Å². The van der Waals surface area contributed by atoms with Gasteiger partial charge in [0.15, 0.2) is 0 Å². The van der Waals surface area contributed by atoms with Gasteiger partial charge in [0, 0.05) is 11.6 Å². The van der Waals surface area contributed by atoms with Crippen LogP contribution in [0, 0.1) is 13.8 Å². The highest BCUT2D eigenvalue weighted by molar-refractivity contribution is 7.18. The lowest BCUT2D eigenvalue weighted by Crippen LogP contribution is -2.56. The minimum atomic E-state index is -0.435. The van der Waals surface area contributed by atoms with Crippen LogP contribution in [-0.2, 0) is 0 Å². The number of aromatic nitrogens is 1. The quantitative estimate of drug-likeness (QED) is 0.721. The van der Waals surface area contributed by atoms with Crippen LogP contribution >= 0.6 is 11.3 Å². The maximum absolute atomic E-state index is 12.6. The van der Waals surface area contributed by atoms with E-state index in [4.69, 9.17) is 9.15 Å². The van der Waals surface area contributed by atoms with Crippen LogP contribution in [0.2, 0.25) is 0 Å². The van der Waals surface area contributed by atoms with Crippen molar-refractivity contribution in [3.05, 3.63) is 57.1 Å². The van der Waals surface area contributed by atoms with Gasteiger partial charge in [0.25, 0.3) is 5.91 Å². The first-order valence-electron chi connectivity index (χ1n) is 7.93. The Morgan fingerprint density at radius 2 is 2.08 bits per heavy atom. The minimum absolute atomic E-state index is 0.0171. The van der Waals surface area contributed by atoms with Crippen molar-refractivity contribution in [2.45, 2.75) is 20.0 Å². The standard InChI is InChI=1S/C18H16N2O4S/c1-10-5-13(7-17(21)23-10)24-14-8-20(9-14)18(22)12-3-4-15-16(6-12)25-11(2)19-15/h3-7,14H,8-9H2,1-2H3. The molecule has 0 spiro atoms. The lowest BCUT2D eigenvalue weighted by Gasteiger charge is -2.39. The third-order valence-electron chi connectivity index (χ3n) is 4.05. The van der Waals surface area contributed by atoms with Crippen LogP contribution in [0.4, 0.5) is 0 Å². The number of rotatable bonds is 3. The lowest BCUT2D eigenvalue weighted by atomic mass is 10.1. The number of hydrogen-bond donors (Lipinski definition) is 0. The third-order valence-corrected chi connectivity index (χ3v) is 4.98. The van der Waals surface area contributed by atoms with E-state index in [0.717, 1.165) is 15.2 Å². The molecule has 1 aliphatic heterocycles. The average Bonchev–Trinajstić information content (AvgIpc) is 2.88. The number of aryl methyl sites for hydroxylation is 2. The fraction of sp³-hybridized carbons (Fsp3) is 0.278. The molecule has 1 aliphatic rings. The minimum Gasteiger partial charge on any atom is -0.486 e. The summed E-state index contributed by atoms with van der Waals surface area (Å²) in [7, 11) is 0. The van der Waals surface area contributed by atoms with Crippen LogP contribution in [0.15, 0.2) is 39.5 Å². The molecule has 0 radical (unpaired) electrons. The maximum Gasteiger partial charge on any atom is 0.339 e. The SMILES string of the molecule is Cc1cc(OC2CN(C(=O)c3ccc4nc(C)sc4c3)C2)cc(=O)o1. The number of carbonyl (C=O) groups is 1. The van der Waals surface area contributed by atoms with Crippen molar-refractivity contribution in [2.24, 2.45) is 0 Å². The highest BCUT2D eigenvalue weighted by Crippen LogP contribution is 2.25. The predicted molar refractivity (Wildman–Crippen MR) is 94.4 cm³/mol. The molecule has 6 nitrogen and oxygen atoms in total. The van der Waals surface area contributed by atoms with E-state index in [2.05, 4.69) is 4.98 Å². The van der Waals surface area contributed by atoms with Crippen molar-refractivity contribution in [1.82, 2.24) is 9.88 Å². The zero-order valence-electron chi connectivity index (χ0n) is 13.8. The van der Waals surface area contributed by atoms with E-state index in [1.807, 2.05) is 25.1 Å². The second-order valence-electron chi connectivity index (χ2n) is 6.09. The third kappa shape index (κ3) is 3.15. The first-order chi connectivity index (χ1) is 12.0. The van der Waals surface area contributed by atoms with E-state index in [-0.39, 0.29) is 12.0 Å². The van der Waals surface area contributed by atoms with Gasteiger partial charge in [0.05, 0.1) is 34.4 Å². The van der Waals surface area contributed by atoms with Gasteiger partial charge in [-0.15, -0.1) is 11.3 Å². The summed E-state index contributed by atoms with van der Waals surface area (Å²) in [5, 5.41) is 0.986. The van der Waals surface area contributed by atoms with Crippen molar-refractivity contribution in [3.63, 3.8) is 0 Å². The molecule has 0 atom stereocenters. The zero-order chi connectivity index (χ0) is 17.6. The molecular weight excluding hydrogens is 340 g/mol. The number of fused-ring (bicyclic) bond motifs is 1. The fourth-order valence-corrected chi connectivity index (χ4v) is 3.74. The van der Waals surface area contributed by atoms with Crippen LogP contribution < -0.4 is 10.4 Å². The number of ether oxygens (including phenoxy) is 1. The Morgan fingerprint density at radius 3 is 2.84 bits per heavy atom. The van der Waals surface area contributed by atoms with Crippen LogP contribution in [0.5, 0.6) is 5.75 Å². The van der Waals surface area contributed by atoms with Gasteiger partial charge in [-0.1, -0.05) is 0 Å². The Kier molecular flexibility index (Phi) is 3.80. The second-order valence-corrected chi connectivity index (χ2v) is 7.32. The average molecular weight is 356 g/mol. The van der Waals surface area contributed by atoms with Gasteiger partial charge < -0.3 is 14.1 Å². The number of thiazole rings is 1. The first kappa shape index (κ1) is 15.8. The molecule has 1 amide bonds. The number of carbonyl (C=O) groups excluding carboxylic acids is 1. The molecule has 3 heterocycles. The summed E-state index contributed by atoms with van der Waals surface area (Å²) in [6.07, 6.45) is -0.112. The highest BCUT2D eigenvalue weighted by Gasteiger charge is 2.33. The number of nitrogens with zero attached hydrogens (tertiary/aromatic N) is 2. The number of benzene rings is 1. The summed E-state index contributed by atoms with van der Waals surface area (Å²) in [5.41, 5.74) is 1.14. The lowest BCUT2D eigenvalue weighted by molar-refractivity contribution is 0.0175. The predicted octanol–water partition coefficient (Wildman–Crippen LogP) is 2.77. The van der Waals surface area contributed by atoms with Gasteiger partial charge in [-0.25, -0.2) is 9.78 Å². The molecule has 1 saturated heterocycles. The van der Waals surface area contributed by atoms with Crippen LogP contribution in [-0.4, -0.2) is 35.0 Å². The summed E-state index contributed by atoms with van der Waals surface area (Å²) in [4.78, 5) is 30.1. The molecule has 0 N–H and O–H groups in total. The molecular formula is C18H16N2O4S. The molecule has 25 heavy (non-hydrogen) atoms. The number of likely N-dealkylation sites (tertiary alicyclic amines) is 1. The summed E-state index contributed by atoms with van der Waals surface area (Å²) < 4.78 is 11.7. The van der Waals surface area contributed by atoms with Gasteiger partial charge in [0.1, 0.15) is 17.6 Å². The van der Waals surface area contributed by atoms with E-state index in [1.54, 1.807) is 29.2 Å². The molecule has 2 aromatic heterocycles. The molecule has 0 aliphatic carbocycles. The molecule has 0 saturated carbocycles. The largest absolute Gasteiger partial charge is 0.486 e. The second kappa shape index (κ2) is 6.00. The summed E-state index contributed by atoms with van der Waals surface area (Å²) in [5.74, 6) is 0.965. The van der Waals surface area contributed by atoms with Crippen molar-refractivity contribution in [1.29, 1.82) is 0 Å². The van der Waals surface area contributed by atoms with Crippen molar-refractivity contribution in [2.75, 3.05) is 13.1 Å². The zero-order valence-corrected chi connectivity index (χ0v) is 14.6. The molecule has 1 aromatic carbocycles. The summed E-state index contributed by atoms with van der Waals surface area (Å²) in [6, 6.07) is 8.57. The molecule has 128 valence electrons. The molecule has 4 rings (SSSR count). The van der Waals surface area contributed by atoms with Gasteiger partial charge in [-0.05, 0) is 32.0 Å². The van der Waals surface area contributed by atoms with Crippen molar-refractivity contribution < 1.29 is 13.9 Å².